The molecule has 0 aliphatic carbocycles. The van der Waals surface area contributed by atoms with Crippen molar-refractivity contribution in [3.63, 3.8) is 0 Å². The third-order valence-corrected chi connectivity index (χ3v) is 4.82. The van der Waals surface area contributed by atoms with Gasteiger partial charge in [-0.3, -0.25) is 4.79 Å². The summed E-state index contributed by atoms with van der Waals surface area (Å²) in [5.41, 5.74) is 3.92. The van der Waals surface area contributed by atoms with Crippen LogP contribution in [0.1, 0.15) is 21.5 Å². The van der Waals surface area contributed by atoms with Gasteiger partial charge >= 0.3 is 0 Å². The third-order valence-electron chi connectivity index (χ3n) is 4.82. The van der Waals surface area contributed by atoms with Gasteiger partial charge < -0.3 is 15.0 Å². The Morgan fingerprint density at radius 3 is 2.70 bits per heavy atom. The second kappa shape index (κ2) is 7.50. The molecule has 1 N–H and O–H groups in total. The number of fused-ring (bicyclic) bond motifs is 1. The lowest BCUT2D eigenvalue weighted by Crippen LogP contribution is -2.31. The van der Waals surface area contributed by atoms with Gasteiger partial charge in [0.05, 0.1) is 12.8 Å². The smallest absolute Gasteiger partial charge is 0.255 e. The first kappa shape index (κ1) is 17.1. The number of methoxy groups -OCH3 is 1. The van der Waals surface area contributed by atoms with Crippen molar-refractivity contribution >= 4 is 17.4 Å². The minimum absolute atomic E-state index is 0.180. The summed E-state index contributed by atoms with van der Waals surface area (Å²) < 4.78 is 5.30. The number of ether oxygens (including phenoxy) is 1. The molecule has 1 aliphatic rings. The van der Waals surface area contributed by atoms with Gasteiger partial charge in [0.15, 0.2) is 0 Å². The molecular formula is C22H21N3O2. The number of carbonyl (C=O) groups excluding carboxylic acids is 1. The number of nitrogens with one attached hydrogen (secondary N) is 1. The van der Waals surface area contributed by atoms with Crippen LogP contribution in [0.4, 0.5) is 11.5 Å². The van der Waals surface area contributed by atoms with E-state index < -0.39 is 0 Å². The fourth-order valence-corrected chi connectivity index (χ4v) is 3.37. The van der Waals surface area contributed by atoms with Gasteiger partial charge in [-0.25, -0.2) is 4.98 Å². The molecule has 0 unspecified atom stereocenters. The third kappa shape index (κ3) is 3.62. The van der Waals surface area contributed by atoms with Crippen LogP contribution in [0.25, 0.3) is 0 Å². The van der Waals surface area contributed by atoms with Gasteiger partial charge in [0.1, 0.15) is 11.6 Å². The molecule has 136 valence electrons. The van der Waals surface area contributed by atoms with Crippen LogP contribution in [-0.4, -0.2) is 24.5 Å². The largest absolute Gasteiger partial charge is 0.495 e. The lowest BCUT2D eigenvalue weighted by atomic mass is 10.00. The molecule has 1 amide bonds. The van der Waals surface area contributed by atoms with Crippen LogP contribution in [0.15, 0.2) is 66.9 Å². The molecule has 5 heteroatoms. The van der Waals surface area contributed by atoms with E-state index in [0.29, 0.717) is 17.0 Å². The highest BCUT2D eigenvalue weighted by molar-refractivity contribution is 6.05. The van der Waals surface area contributed by atoms with Crippen LogP contribution in [0.3, 0.4) is 0 Å². The van der Waals surface area contributed by atoms with Crippen LogP contribution in [0.5, 0.6) is 5.75 Å². The lowest BCUT2D eigenvalue weighted by Gasteiger charge is -2.29. The number of nitrogens with zero attached hydrogens (tertiary/aromatic N) is 2. The number of hydrogen-bond acceptors (Lipinski definition) is 4. The van der Waals surface area contributed by atoms with E-state index in [0.717, 1.165) is 25.3 Å². The first-order valence-corrected chi connectivity index (χ1v) is 8.97. The summed E-state index contributed by atoms with van der Waals surface area (Å²) in [5.74, 6) is 1.27. The number of anilines is 2. The molecule has 4 rings (SSSR count). The molecule has 1 aromatic heterocycles. The van der Waals surface area contributed by atoms with Crippen molar-refractivity contribution in [3.8, 4) is 5.75 Å². The Kier molecular flexibility index (Phi) is 4.75. The second-order valence-electron chi connectivity index (χ2n) is 6.50. The molecule has 0 spiro atoms. The fourth-order valence-electron chi connectivity index (χ4n) is 3.37. The Balaban J connectivity index is 1.53. The molecule has 0 atom stereocenters. The average Bonchev–Trinajstić information content (AvgIpc) is 2.74. The Bertz CT molecular complexity index is 971. The van der Waals surface area contributed by atoms with E-state index in [2.05, 4.69) is 39.5 Å². The van der Waals surface area contributed by atoms with E-state index in [1.165, 1.54) is 11.1 Å². The maximum absolute atomic E-state index is 12.7. The van der Waals surface area contributed by atoms with Gasteiger partial charge in [0.25, 0.3) is 5.91 Å². The molecule has 5 nitrogen and oxygen atoms in total. The highest BCUT2D eigenvalue weighted by atomic mass is 16.5. The number of carbonyl (C=O) groups is 1. The number of para-hydroxylation sites is 2. The summed E-state index contributed by atoms with van der Waals surface area (Å²) in [5, 5.41) is 2.91. The summed E-state index contributed by atoms with van der Waals surface area (Å²) >= 11 is 0. The Labute approximate surface area is 158 Å². The monoisotopic (exact) mass is 359 g/mol. The predicted octanol–water partition coefficient (Wildman–Crippen LogP) is 3.91. The first-order chi connectivity index (χ1) is 13.2. The number of hydrogen-bond donors (Lipinski definition) is 1. The molecule has 0 radical (unpaired) electrons. The van der Waals surface area contributed by atoms with Gasteiger partial charge in [-0.1, -0.05) is 36.4 Å². The van der Waals surface area contributed by atoms with Crippen LogP contribution in [-0.2, 0) is 13.0 Å². The minimum Gasteiger partial charge on any atom is -0.495 e. The van der Waals surface area contributed by atoms with E-state index >= 15 is 0 Å². The van der Waals surface area contributed by atoms with E-state index in [1.807, 2.05) is 30.3 Å². The number of pyridine rings is 1. The van der Waals surface area contributed by atoms with Crippen molar-refractivity contribution in [2.45, 2.75) is 13.0 Å². The highest BCUT2D eigenvalue weighted by Gasteiger charge is 2.18. The summed E-state index contributed by atoms with van der Waals surface area (Å²) in [6.07, 6.45) is 2.67. The molecular weight excluding hydrogens is 338 g/mol. The minimum atomic E-state index is -0.180. The summed E-state index contributed by atoms with van der Waals surface area (Å²) in [4.78, 5) is 19.4. The second-order valence-corrected chi connectivity index (χ2v) is 6.50. The zero-order valence-electron chi connectivity index (χ0n) is 15.2. The zero-order valence-corrected chi connectivity index (χ0v) is 15.2. The van der Waals surface area contributed by atoms with E-state index in [4.69, 9.17) is 4.74 Å². The van der Waals surface area contributed by atoms with Crippen molar-refractivity contribution in [1.82, 2.24) is 4.98 Å². The molecule has 0 saturated carbocycles. The fraction of sp³-hybridized carbons (Fsp3) is 0.182. The van der Waals surface area contributed by atoms with Crippen molar-refractivity contribution < 1.29 is 9.53 Å². The maximum atomic E-state index is 12.7. The molecule has 0 fully saturated rings. The van der Waals surface area contributed by atoms with Gasteiger partial charge in [0, 0.05) is 24.8 Å². The molecule has 2 aromatic carbocycles. The van der Waals surface area contributed by atoms with Crippen molar-refractivity contribution in [3.05, 3.63) is 83.6 Å². The highest BCUT2D eigenvalue weighted by Crippen LogP contribution is 2.26. The number of aromatic nitrogens is 1. The quantitative estimate of drug-likeness (QED) is 0.767. The van der Waals surface area contributed by atoms with E-state index in [1.54, 1.807) is 19.4 Å². The summed E-state index contributed by atoms with van der Waals surface area (Å²) in [6.45, 7) is 1.70. The molecule has 0 bridgehead atoms. The molecule has 0 saturated heterocycles. The molecule has 3 aromatic rings. The van der Waals surface area contributed by atoms with Gasteiger partial charge in [-0.15, -0.1) is 0 Å². The van der Waals surface area contributed by atoms with Crippen molar-refractivity contribution in [2.75, 3.05) is 23.9 Å². The Morgan fingerprint density at radius 1 is 1.07 bits per heavy atom. The lowest BCUT2D eigenvalue weighted by molar-refractivity contribution is 0.102. The van der Waals surface area contributed by atoms with Crippen LogP contribution < -0.4 is 15.0 Å². The van der Waals surface area contributed by atoms with Crippen LogP contribution >= 0.6 is 0 Å². The van der Waals surface area contributed by atoms with Crippen LogP contribution in [0, 0.1) is 0 Å². The van der Waals surface area contributed by atoms with Crippen molar-refractivity contribution in [1.29, 1.82) is 0 Å². The summed E-state index contributed by atoms with van der Waals surface area (Å²) in [6, 6.07) is 19.4. The standard InChI is InChI=1S/C22H21N3O2/c1-27-20-9-5-4-8-19(20)24-22(26)17-10-12-23-21(14-17)25-13-11-16-6-2-3-7-18(16)15-25/h2-10,12,14H,11,13,15H2,1H3,(H,24,26). The van der Waals surface area contributed by atoms with Gasteiger partial charge in [0.2, 0.25) is 0 Å². The number of rotatable bonds is 4. The van der Waals surface area contributed by atoms with E-state index in [-0.39, 0.29) is 5.91 Å². The number of amides is 1. The number of benzene rings is 2. The van der Waals surface area contributed by atoms with E-state index in [9.17, 15) is 4.79 Å². The maximum Gasteiger partial charge on any atom is 0.255 e. The average molecular weight is 359 g/mol. The summed E-state index contributed by atoms with van der Waals surface area (Å²) in [7, 11) is 1.59. The van der Waals surface area contributed by atoms with Gasteiger partial charge in [-0.05, 0) is 41.8 Å². The molecule has 27 heavy (non-hydrogen) atoms. The predicted molar refractivity (Wildman–Crippen MR) is 106 cm³/mol. The normalized spacial score (nSPS) is 13.0. The van der Waals surface area contributed by atoms with Gasteiger partial charge in [-0.2, -0.15) is 0 Å². The molecule has 2 heterocycles. The SMILES string of the molecule is COc1ccccc1NC(=O)c1ccnc(N2CCc3ccccc3C2)c1. The van der Waals surface area contributed by atoms with Crippen molar-refractivity contribution in [2.24, 2.45) is 0 Å². The first-order valence-electron chi connectivity index (χ1n) is 8.97. The Morgan fingerprint density at radius 2 is 1.85 bits per heavy atom. The van der Waals surface area contributed by atoms with Crippen LogP contribution in [0.2, 0.25) is 0 Å². The molecule has 1 aliphatic heterocycles. The topological polar surface area (TPSA) is 54.5 Å². The zero-order chi connectivity index (χ0) is 18.6. The Hall–Kier alpha value is -3.34.